The Bertz CT molecular complexity index is 1180. The zero-order valence-corrected chi connectivity index (χ0v) is 22.0. The van der Waals surface area contributed by atoms with Crippen molar-refractivity contribution in [3.63, 3.8) is 0 Å². The van der Waals surface area contributed by atoms with Gasteiger partial charge in [0.2, 0.25) is 0 Å². The maximum atomic E-state index is 15.9. The highest BCUT2D eigenvalue weighted by atomic mass is 19.2. The van der Waals surface area contributed by atoms with Crippen molar-refractivity contribution < 1.29 is 17.6 Å². The molecule has 7 rings (SSSR count). The summed E-state index contributed by atoms with van der Waals surface area (Å²) in [7, 11) is 0. The molecule has 0 radical (unpaired) electrons. The quantitative estimate of drug-likeness (QED) is 0.328. The van der Waals surface area contributed by atoms with Gasteiger partial charge in [0.05, 0.1) is 11.3 Å². The normalized spacial score (nSPS) is 38.1. The van der Waals surface area contributed by atoms with E-state index >= 15 is 17.6 Å². The van der Waals surface area contributed by atoms with Crippen molar-refractivity contribution in [2.24, 2.45) is 0 Å². The highest BCUT2D eigenvalue weighted by molar-refractivity contribution is 5.62. The summed E-state index contributed by atoms with van der Waals surface area (Å²) in [6.45, 7) is 0. The van der Waals surface area contributed by atoms with Crippen LogP contribution in [0.2, 0.25) is 0 Å². The van der Waals surface area contributed by atoms with Gasteiger partial charge in [-0.2, -0.15) is 0 Å². The number of rotatable bonds is 2. The molecule has 9 atom stereocenters. The second-order valence-corrected chi connectivity index (χ2v) is 12.4. The fourth-order valence-electron chi connectivity index (χ4n) is 8.39. The molecule has 2 aromatic rings. The van der Waals surface area contributed by atoms with E-state index in [1.807, 2.05) is 0 Å². The highest BCUT2D eigenvalue weighted by Gasteiger charge is 2.46. The van der Waals surface area contributed by atoms with Crippen LogP contribution in [0.3, 0.4) is 0 Å². The van der Waals surface area contributed by atoms with Crippen LogP contribution in [0.15, 0.2) is 24.4 Å². The lowest BCUT2D eigenvalue weighted by Crippen LogP contribution is -2.49. The Hall–Kier alpha value is -2.07. The third-order valence-electron chi connectivity index (χ3n) is 10.1. The summed E-state index contributed by atoms with van der Waals surface area (Å²) < 4.78 is 63.0. The summed E-state index contributed by atoms with van der Waals surface area (Å²) in [6.07, 6.45) is 11.1. The summed E-state index contributed by atoms with van der Waals surface area (Å²) in [4.78, 5) is 3.95. The molecule has 0 amide bonds. The molecule has 8 bridgehead atoms. The number of halogens is 4. The minimum absolute atomic E-state index is 0.124. The fraction of sp³-hybridized carbons (Fsp3) is 0.633. The molecule has 9 unspecified atom stereocenters. The Morgan fingerprint density at radius 2 is 1.08 bits per heavy atom. The number of pyridine rings is 1. The molecule has 9 heteroatoms. The van der Waals surface area contributed by atoms with E-state index in [1.165, 1.54) is 18.7 Å². The number of hydrogen-bond acceptors (Lipinski definition) is 5. The molecule has 4 N–H and O–H groups in total. The summed E-state index contributed by atoms with van der Waals surface area (Å²) in [6, 6.07) is 6.02. The highest BCUT2D eigenvalue weighted by Crippen LogP contribution is 2.42. The van der Waals surface area contributed by atoms with Crippen LogP contribution in [0.25, 0.3) is 11.3 Å². The van der Waals surface area contributed by atoms with Crippen molar-refractivity contribution in [1.29, 1.82) is 0 Å². The molecule has 1 aromatic carbocycles. The lowest BCUT2D eigenvalue weighted by Gasteiger charge is -2.33. The van der Waals surface area contributed by atoms with Gasteiger partial charge in [-0.1, -0.05) is 6.07 Å². The molecular weight excluding hydrogens is 506 g/mol. The molecule has 39 heavy (non-hydrogen) atoms. The first-order valence-corrected chi connectivity index (χ1v) is 14.8. The van der Waals surface area contributed by atoms with Gasteiger partial charge in [0.1, 0.15) is 0 Å². The number of nitrogens with zero attached hydrogens (tertiary/aromatic N) is 1. The lowest BCUT2D eigenvalue weighted by atomic mass is 9.82. The van der Waals surface area contributed by atoms with Crippen molar-refractivity contribution >= 4 is 0 Å². The minimum Gasteiger partial charge on any atom is -0.311 e. The van der Waals surface area contributed by atoms with Crippen LogP contribution in [0.1, 0.15) is 75.7 Å². The van der Waals surface area contributed by atoms with Crippen LogP contribution in [0.4, 0.5) is 17.6 Å². The second kappa shape index (κ2) is 10.4. The van der Waals surface area contributed by atoms with Crippen LogP contribution < -0.4 is 21.3 Å². The summed E-state index contributed by atoms with van der Waals surface area (Å²) in [5, 5.41) is 15.0. The second-order valence-electron chi connectivity index (χ2n) is 12.4. The first kappa shape index (κ1) is 25.9. The predicted octanol–water partition coefficient (Wildman–Crippen LogP) is 4.66. The van der Waals surface area contributed by atoms with E-state index in [4.69, 9.17) is 0 Å². The Labute approximate surface area is 226 Å². The van der Waals surface area contributed by atoms with Gasteiger partial charge in [-0.3, -0.25) is 4.98 Å². The van der Waals surface area contributed by atoms with Crippen LogP contribution in [-0.4, -0.2) is 53.3 Å². The number of aromatic nitrogens is 1. The van der Waals surface area contributed by atoms with Gasteiger partial charge in [-0.15, -0.1) is 0 Å². The van der Waals surface area contributed by atoms with E-state index in [0.717, 1.165) is 44.9 Å². The van der Waals surface area contributed by atoms with Crippen LogP contribution in [0.5, 0.6) is 0 Å². The number of fused-ring (bicyclic) bond motifs is 9. The van der Waals surface area contributed by atoms with Crippen LogP contribution in [0, 0.1) is 23.3 Å². The molecule has 5 saturated heterocycles. The van der Waals surface area contributed by atoms with E-state index in [1.54, 1.807) is 12.1 Å². The van der Waals surface area contributed by atoms with Gasteiger partial charge in [-0.25, -0.2) is 17.6 Å². The molecule has 5 fully saturated rings. The third-order valence-corrected chi connectivity index (χ3v) is 10.1. The van der Waals surface area contributed by atoms with Gasteiger partial charge < -0.3 is 21.3 Å². The Balaban J connectivity index is 1.27. The molecule has 0 aliphatic carbocycles. The molecule has 5 nitrogen and oxygen atoms in total. The Morgan fingerprint density at radius 1 is 0.564 bits per heavy atom. The van der Waals surface area contributed by atoms with E-state index < -0.39 is 40.3 Å². The molecular formula is C30H37F4N5. The van der Waals surface area contributed by atoms with Crippen LogP contribution >= 0.6 is 0 Å². The maximum absolute atomic E-state index is 15.9. The van der Waals surface area contributed by atoms with E-state index in [2.05, 4.69) is 26.3 Å². The maximum Gasteiger partial charge on any atom is 0.171 e. The molecule has 5 aliphatic rings. The van der Waals surface area contributed by atoms with Gasteiger partial charge in [0.15, 0.2) is 23.3 Å². The molecule has 1 aromatic heterocycles. The lowest BCUT2D eigenvalue weighted by molar-refractivity contribution is 0.324. The monoisotopic (exact) mass is 543 g/mol. The number of hydrogen-bond donors (Lipinski definition) is 4. The van der Waals surface area contributed by atoms with Gasteiger partial charge >= 0.3 is 0 Å². The summed E-state index contributed by atoms with van der Waals surface area (Å²) in [5.41, 5.74) is -1.34. The van der Waals surface area contributed by atoms with Crippen molar-refractivity contribution in [2.75, 3.05) is 0 Å². The average Bonchev–Trinajstić information content (AvgIpc) is 3.75. The van der Waals surface area contributed by atoms with E-state index in [0.29, 0.717) is 37.0 Å². The third kappa shape index (κ3) is 4.69. The van der Waals surface area contributed by atoms with Gasteiger partial charge in [0.25, 0.3) is 0 Å². The van der Waals surface area contributed by atoms with Gasteiger partial charge in [-0.05, 0) is 76.3 Å². The molecule has 0 saturated carbocycles. The average molecular weight is 544 g/mol. The number of benzene rings is 1. The van der Waals surface area contributed by atoms with Crippen molar-refractivity contribution in [2.45, 2.75) is 118 Å². The van der Waals surface area contributed by atoms with Crippen molar-refractivity contribution in [3.05, 3.63) is 53.2 Å². The number of nitrogens with one attached hydrogen (secondary N) is 4. The fourth-order valence-corrected chi connectivity index (χ4v) is 8.39. The zero-order valence-electron chi connectivity index (χ0n) is 22.0. The van der Waals surface area contributed by atoms with Crippen molar-refractivity contribution in [1.82, 2.24) is 26.3 Å². The summed E-state index contributed by atoms with van der Waals surface area (Å²) in [5.74, 6) is -6.07. The molecule has 210 valence electrons. The SMILES string of the molecule is Fc1c(F)c(C2C3CCC(CC4CCC(CC5CCC(N5)C5CCC2N5)N4)N3)c(F)c(F)c1-c1ccccn1. The molecule has 5 aliphatic heterocycles. The molecule has 6 heterocycles. The smallest absolute Gasteiger partial charge is 0.171 e. The predicted molar refractivity (Wildman–Crippen MR) is 141 cm³/mol. The first-order chi connectivity index (χ1) is 19.0. The van der Waals surface area contributed by atoms with E-state index in [-0.39, 0.29) is 29.9 Å². The standard InChI is InChI=1S/C30H37F4N5/c31-27-25(21-3-1-2-12-35-21)28(32)30(34)26(29(27)33)24-22-9-7-18(38-22)14-16-5-4-15(36-16)13-17-6-8-19(37-17)20-10-11-23(24)39-20/h1-3,12,15-20,22-24,36-39H,4-11,13-14H2. The van der Waals surface area contributed by atoms with Gasteiger partial charge in [0, 0.05) is 66.0 Å². The summed E-state index contributed by atoms with van der Waals surface area (Å²) >= 11 is 0. The van der Waals surface area contributed by atoms with Crippen LogP contribution in [-0.2, 0) is 0 Å². The van der Waals surface area contributed by atoms with Crippen molar-refractivity contribution in [3.8, 4) is 11.3 Å². The minimum atomic E-state index is -1.37. The Morgan fingerprint density at radius 3 is 1.74 bits per heavy atom. The Kier molecular flexibility index (Phi) is 6.90. The molecule has 0 spiro atoms. The first-order valence-electron chi connectivity index (χ1n) is 14.8. The largest absolute Gasteiger partial charge is 0.311 e. The zero-order chi connectivity index (χ0) is 26.7. The topological polar surface area (TPSA) is 61.0 Å². The van der Waals surface area contributed by atoms with E-state index in [9.17, 15) is 0 Å².